The largest absolute Gasteiger partial charge is 0.396 e. The number of anilines is 2. The molecule has 0 spiro atoms. The molecule has 0 saturated heterocycles. The fourth-order valence-electron chi connectivity index (χ4n) is 1.01. The summed E-state index contributed by atoms with van der Waals surface area (Å²) in [5, 5.41) is 3.21. The molecule has 6 nitrogen and oxygen atoms in total. The van der Waals surface area contributed by atoms with Crippen LogP contribution in [-0.4, -0.2) is 32.7 Å². The molecule has 1 aromatic heterocycles. The Labute approximate surface area is 99.2 Å². The predicted molar refractivity (Wildman–Crippen MR) is 65.0 cm³/mol. The van der Waals surface area contributed by atoms with E-state index in [-0.39, 0.29) is 6.54 Å². The number of halogens is 1. The minimum absolute atomic E-state index is 0.256. The number of hydrogen-bond donors (Lipinski definition) is 3. The molecular weight excluding hydrogens is 252 g/mol. The third-order valence-corrected chi connectivity index (χ3v) is 2.61. The van der Waals surface area contributed by atoms with Gasteiger partial charge in [0, 0.05) is 13.1 Å². The van der Waals surface area contributed by atoms with Gasteiger partial charge in [0.1, 0.15) is 5.15 Å². The third-order valence-electron chi connectivity index (χ3n) is 1.67. The Morgan fingerprint density at radius 3 is 2.75 bits per heavy atom. The van der Waals surface area contributed by atoms with Crippen molar-refractivity contribution in [3.63, 3.8) is 0 Å². The Balaban J connectivity index is 2.46. The first-order valence-electron chi connectivity index (χ1n) is 4.49. The minimum atomic E-state index is -3.16. The molecule has 0 unspecified atom stereocenters. The van der Waals surface area contributed by atoms with Gasteiger partial charge in [-0.2, -0.15) is 0 Å². The van der Waals surface area contributed by atoms with Crippen LogP contribution in [0.15, 0.2) is 12.1 Å². The highest BCUT2D eigenvalue weighted by atomic mass is 35.5. The van der Waals surface area contributed by atoms with Gasteiger partial charge in [-0.1, -0.05) is 11.6 Å². The molecule has 1 aromatic rings. The molecule has 0 aliphatic heterocycles. The number of sulfonamides is 1. The monoisotopic (exact) mass is 264 g/mol. The molecule has 0 aromatic carbocycles. The van der Waals surface area contributed by atoms with E-state index < -0.39 is 10.0 Å². The number of nitrogens with one attached hydrogen (secondary N) is 2. The maximum atomic E-state index is 10.8. The Morgan fingerprint density at radius 2 is 2.12 bits per heavy atom. The number of pyridine rings is 1. The molecule has 90 valence electrons. The first-order valence-corrected chi connectivity index (χ1v) is 6.76. The zero-order chi connectivity index (χ0) is 12.2. The number of nitrogen functional groups attached to an aromatic ring is 1. The SMILES string of the molecule is CS(=O)(=O)NCCNc1nc(Cl)ccc1N. The maximum Gasteiger partial charge on any atom is 0.208 e. The first kappa shape index (κ1) is 13.0. The van der Waals surface area contributed by atoms with Gasteiger partial charge < -0.3 is 11.1 Å². The van der Waals surface area contributed by atoms with E-state index in [9.17, 15) is 8.42 Å². The summed E-state index contributed by atoms with van der Waals surface area (Å²) in [4.78, 5) is 3.96. The Bertz CT molecular complexity index is 463. The fraction of sp³-hybridized carbons (Fsp3) is 0.375. The van der Waals surface area contributed by atoms with Gasteiger partial charge in [0.2, 0.25) is 10.0 Å². The van der Waals surface area contributed by atoms with Gasteiger partial charge in [-0.05, 0) is 12.1 Å². The van der Waals surface area contributed by atoms with E-state index in [0.717, 1.165) is 6.26 Å². The second kappa shape index (κ2) is 5.33. The van der Waals surface area contributed by atoms with Crippen LogP contribution >= 0.6 is 11.6 Å². The van der Waals surface area contributed by atoms with E-state index in [1.54, 1.807) is 12.1 Å². The average molecular weight is 265 g/mol. The molecule has 0 bridgehead atoms. The lowest BCUT2D eigenvalue weighted by atomic mass is 10.4. The lowest BCUT2D eigenvalue weighted by Gasteiger charge is -2.08. The van der Waals surface area contributed by atoms with Crippen molar-refractivity contribution < 1.29 is 8.42 Å². The summed E-state index contributed by atoms with van der Waals surface area (Å²) >= 11 is 5.68. The molecule has 4 N–H and O–H groups in total. The van der Waals surface area contributed by atoms with Crippen molar-refractivity contribution in [1.82, 2.24) is 9.71 Å². The molecule has 16 heavy (non-hydrogen) atoms. The van der Waals surface area contributed by atoms with Crippen molar-refractivity contribution in [1.29, 1.82) is 0 Å². The predicted octanol–water partition coefficient (Wildman–Crippen LogP) is 0.278. The quantitative estimate of drug-likeness (QED) is 0.524. The molecule has 0 amide bonds. The lowest BCUT2D eigenvalue weighted by molar-refractivity contribution is 0.589. The molecule has 1 rings (SSSR count). The van der Waals surface area contributed by atoms with Crippen LogP contribution in [0.1, 0.15) is 0 Å². The zero-order valence-corrected chi connectivity index (χ0v) is 10.3. The second-order valence-electron chi connectivity index (χ2n) is 3.17. The Kier molecular flexibility index (Phi) is 4.34. The van der Waals surface area contributed by atoms with Gasteiger partial charge in [0.25, 0.3) is 0 Å². The normalized spacial score (nSPS) is 11.4. The van der Waals surface area contributed by atoms with Crippen LogP contribution in [-0.2, 0) is 10.0 Å². The number of nitrogens with zero attached hydrogens (tertiary/aromatic N) is 1. The van der Waals surface area contributed by atoms with Crippen molar-refractivity contribution in [2.24, 2.45) is 0 Å². The lowest BCUT2D eigenvalue weighted by Crippen LogP contribution is -2.27. The minimum Gasteiger partial charge on any atom is -0.396 e. The average Bonchev–Trinajstić information content (AvgIpc) is 2.16. The zero-order valence-electron chi connectivity index (χ0n) is 8.70. The van der Waals surface area contributed by atoms with Crippen molar-refractivity contribution in [2.45, 2.75) is 0 Å². The topological polar surface area (TPSA) is 97.1 Å². The number of hydrogen-bond acceptors (Lipinski definition) is 5. The molecule has 0 fully saturated rings. The number of aromatic nitrogens is 1. The van der Waals surface area contributed by atoms with Gasteiger partial charge in [0.15, 0.2) is 5.82 Å². The van der Waals surface area contributed by atoms with Crippen LogP contribution in [0, 0.1) is 0 Å². The second-order valence-corrected chi connectivity index (χ2v) is 5.39. The van der Waals surface area contributed by atoms with Crippen LogP contribution < -0.4 is 15.8 Å². The highest BCUT2D eigenvalue weighted by molar-refractivity contribution is 7.88. The standard InChI is InChI=1S/C8H13ClN4O2S/c1-16(14,15)12-5-4-11-8-6(10)2-3-7(9)13-8/h2-3,12H,4-5,10H2,1H3,(H,11,13). The number of nitrogens with two attached hydrogens (primary N) is 1. The van der Waals surface area contributed by atoms with Crippen LogP contribution in [0.25, 0.3) is 0 Å². The van der Waals surface area contributed by atoms with Crippen LogP contribution in [0.2, 0.25) is 5.15 Å². The first-order chi connectivity index (χ1) is 7.38. The smallest absolute Gasteiger partial charge is 0.208 e. The molecule has 1 heterocycles. The third kappa shape index (κ3) is 4.65. The van der Waals surface area contributed by atoms with Crippen molar-refractivity contribution in [3.05, 3.63) is 17.3 Å². The highest BCUT2D eigenvalue weighted by Gasteiger charge is 2.02. The van der Waals surface area contributed by atoms with Gasteiger partial charge in [0.05, 0.1) is 11.9 Å². The molecule has 0 saturated carbocycles. The van der Waals surface area contributed by atoms with E-state index in [2.05, 4.69) is 15.0 Å². The summed E-state index contributed by atoms with van der Waals surface area (Å²) < 4.78 is 23.9. The summed E-state index contributed by atoms with van der Waals surface area (Å²) in [5.74, 6) is 0.447. The van der Waals surface area contributed by atoms with Crippen molar-refractivity contribution in [2.75, 3.05) is 30.4 Å². The van der Waals surface area contributed by atoms with E-state index in [0.29, 0.717) is 23.2 Å². The van der Waals surface area contributed by atoms with Gasteiger partial charge in [-0.25, -0.2) is 18.1 Å². The van der Waals surface area contributed by atoms with E-state index in [4.69, 9.17) is 17.3 Å². The summed E-state index contributed by atoms with van der Waals surface area (Å²) in [6, 6.07) is 3.21. The Hall–Kier alpha value is -1.05. The van der Waals surface area contributed by atoms with Crippen LogP contribution in [0.5, 0.6) is 0 Å². The molecule has 8 heteroatoms. The molecule has 0 atom stereocenters. The van der Waals surface area contributed by atoms with Gasteiger partial charge in [-0.15, -0.1) is 0 Å². The maximum absolute atomic E-state index is 10.8. The van der Waals surface area contributed by atoms with E-state index in [1.807, 2.05) is 0 Å². The van der Waals surface area contributed by atoms with Crippen molar-refractivity contribution >= 4 is 33.1 Å². The Morgan fingerprint density at radius 1 is 1.44 bits per heavy atom. The van der Waals surface area contributed by atoms with Crippen LogP contribution in [0.4, 0.5) is 11.5 Å². The summed E-state index contributed by atoms with van der Waals surface area (Å²) in [5.41, 5.74) is 6.10. The summed E-state index contributed by atoms with van der Waals surface area (Å²) in [6.45, 7) is 0.636. The highest BCUT2D eigenvalue weighted by Crippen LogP contribution is 2.17. The van der Waals surface area contributed by atoms with Crippen molar-refractivity contribution in [3.8, 4) is 0 Å². The molecular formula is C8H13ClN4O2S. The molecule has 0 radical (unpaired) electrons. The summed E-state index contributed by atoms with van der Waals surface area (Å²) in [7, 11) is -3.16. The van der Waals surface area contributed by atoms with Gasteiger partial charge in [-0.3, -0.25) is 0 Å². The van der Waals surface area contributed by atoms with E-state index in [1.165, 1.54) is 0 Å². The fourth-order valence-corrected chi connectivity index (χ4v) is 1.63. The summed E-state index contributed by atoms with van der Waals surface area (Å²) in [6.07, 6.45) is 1.10. The molecule has 0 aliphatic rings. The van der Waals surface area contributed by atoms with E-state index >= 15 is 0 Å². The number of rotatable bonds is 5. The molecule has 0 aliphatic carbocycles. The van der Waals surface area contributed by atoms with Gasteiger partial charge >= 0.3 is 0 Å². The van der Waals surface area contributed by atoms with Crippen LogP contribution in [0.3, 0.4) is 0 Å².